The van der Waals surface area contributed by atoms with Crippen LogP contribution in [-0.2, 0) is 24.7 Å². The lowest BCUT2D eigenvalue weighted by Gasteiger charge is -2.19. The van der Waals surface area contributed by atoms with Crippen LogP contribution in [0.25, 0.3) is 0 Å². The molecular weight excluding hydrogens is 515 g/mol. The van der Waals surface area contributed by atoms with E-state index in [0.717, 1.165) is 49.7 Å². The zero-order valence-electron chi connectivity index (χ0n) is 19.9. The van der Waals surface area contributed by atoms with Gasteiger partial charge in [-0.05, 0) is 64.2 Å². The maximum atomic E-state index is 12.7. The van der Waals surface area contributed by atoms with E-state index in [0.29, 0.717) is 13.0 Å². The van der Waals surface area contributed by atoms with E-state index in [9.17, 15) is 4.79 Å². The monoisotopic (exact) mass is 552 g/mol. The van der Waals surface area contributed by atoms with Gasteiger partial charge in [0.15, 0.2) is 5.96 Å². The third-order valence-corrected chi connectivity index (χ3v) is 5.90. The summed E-state index contributed by atoms with van der Waals surface area (Å²) >= 11 is 0. The van der Waals surface area contributed by atoms with Gasteiger partial charge in [0.05, 0.1) is 5.69 Å². The van der Waals surface area contributed by atoms with Crippen LogP contribution in [0.4, 0.5) is 5.69 Å². The molecule has 0 spiro atoms. The highest BCUT2D eigenvalue weighted by Crippen LogP contribution is 2.28. The maximum absolute atomic E-state index is 12.7. The number of hydrogen-bond donors (Lipinski definition) is 2. The molecule has 1 aliphatic heterocycles. The summed E-state index contributed by atoms with van der Waals surface area (Å²) in [6.45, 7) is 10.6. The SMILES string of the molecule is CCNC(=NCCCC(=O)N1CCc2ccccc21)NC(C)Cc1c(C)nn(C)c1C.I. The second-order valence-corrected chi connectivity index (χ2v) is 8.31. The molecule has 0 saturated carbocycles. The Kier molecular flexibility index (Phi) is 9.99. The molecule has 176 valence electrons. The molecule has 0 bridgehead atoms. The molecule has 1 amide bonds. The molecule has 1 atom stereocenters. The standard InChI is InChI=1S/C24H36N6O.HI/c1-6-25-24(27-17(2)16-21-18(3)28-29(5)19(21)4)26-14-9-12-23(31)30-15-13-20-10-7-8-11-22(20)30;/h7-8,10-11,17H,6,9,12-16H2,1-5H3,(H2,25,26,27);1H. The van der Waals surface area contributed by atoms with E-state index in [1.54, 1.807) is 0 Å². The third kappa shape index (κ3) is 6.46. The fourth-order valence-electron chi connectivity index (χ4n) is 4.18. The molecule has 1 aromatic heterocycles. The van der Waals surface area contributed by atoms with Crippen molar-refractivity contribution in [2.24, 2.45) is 12.0 Å². The molecule has 0 fully saturated rings. The number of carbonyl (C=O) groups excluding carboxylic acids is 1. The highest BCUT2D eigenvalue weighted by molar-refractivity contribution is 14.0. The van der Waals surface area contributed by atoms with Crippen molar-refractivity contribution in [3.8, 4) is 0 Å². The highest BCUT2D eigenvalue weighted by Gasteiger charge is 2.23. The zero-order chi connectivity index (χ0) is 22.4. The van der Waals surface area contributed by atoms with E-state index >= 15 is 0 Å². The smallest absolute Gasteiger partial charge is 0.227 e. The van der Waals surface area contributed by atoms with Crippen LogP contribution in [0.2, 0.25) is 0 Å². The van der Waals surface area contributed by atoms with Crippen molar-refractivity contribution in [3.63, 3.8) is 0 Å². The predicted octanol–water partition coefficient (Wildman–Crippen LogP) is 3.51. The van der Waals surface area contributed by atoms with Crippen molar-refractivity contribution in [2.75, 3.05) is 24.5 Å². The van der Waals surface area contributed by atoms with E-state index < -0.39 is 0 Å². The predicted molar refractivity (Wildman–Crippen MR) is 142 cm³/mol. The zero-order valence-corrected chi connectivity index (χ0v) is 22.3. The normalized spacial score (nSPS) is 14.0. The van der Waals surface area contributed by atoms with Crippen LogP contribution in [0.15, 0.2) is 29.3 Å². The molecule has 32 heavy (non-hydrogen) atoms. The Balaban J connectivity index is 0.00000363. The van der Waals surface area contributed by atoms with Crippen LogP contribution in [0, 0.1) is 13.8 Å². The summed E-state index contributed by atoms with van der Waals surface area (Å²) in [6, 6.07) is 8.41. The van der Waals surface area contributed by atoms with E-state index in [2.05, 4.69) is 49.5 Å². The van der Waals surface area contributed by atoms with Crippen LogP contribution in [0.5, 0.6) is 0 Å². The number of para-hydroxylation sites is 1. The summed E-state index contributed by atoms with van der Waals surface area (Å²) in [6.07, 6.45) is 3.09. The van der Waals surface area contributed by atoms with Gasteiger partial charge in [0, 0.05) is 50.5 Å². The Bertz CT molecular complexity index is 939. The first-order chi connectivity index (χ1) is 14.9. The minimum atomic E-state index is 0. The molecule has 1 unspecified atom stereocenters. The second kappa shape index (κ2) is 12.2. The molecule has 7 nitrogen and oxygen atoms in total. The van der Waals surface area contributed by atoms with E-state index in [1.165, 1.54) is 16.8 Å². The van der Waals surface area contributed by atoms with Crippen molar-refractivity contribution >= 4 is 41.5 Å². The molecular formula is C24H37IN6O. The number of fused-ring (bicyclic) bond motifs is 1. The first-order valence-electron chi connectivity index (χ1n) is 11.3. The number of halogens is 1. The van der Waals surface area contributed by atoms with Crippen LogP contribution >= 0.6 is 24.0 Å². The van der Waals surface area contributed by atoms with Gasteiger partial charge in [-0.3, -0.25) is 14.5 Å². The Morgan fingerprint density at radius 2 is 2.03 bits per heavy atom. The number of anilines is 1. The first-order valence-corrected chi connectivity index (χ1v) is 11.3. The number of nitrogens with one attached hydrogen (secondary N) is 2. The largest absolute Gasteiger partial charge is 0.357 e. The highest BCUT2D eigenvalue weighted by atomic mass is 127. The Labute approximate surface area is 209 Å². The van der Waals surface area contributed by atoms with Crippen LogP contribution < -0.4 is 15.5 Å². The van der Waals surface area contributed by atoms with Crippen molar-refractivity contribution in [3.05, 3.63) is 46.8 Å². The number of rotatable bonds is 8. The number of aliphatic imine (C=N–C) groups is 1. The third-order valence-electron chi connectivity index (χ3n) is 5.90. The summed E-state index contributed by atoms with van der Waals surface area (Å²) in [5.41, 5.74) is 5.91. The van der Waals surface area contributed by atoms with Crippen molar-refractivity contribution in [2.45, 2.75) is 59.4 Å². The molecule has 2 heterocycles. The topological polar surface area (TPSA) is 74.6 Å². The van der Waals surface area contributed by atoms with Gasteiger partial charge in [-0.25, -0.2) is 0 Å². The maximum Gasteiger partial charge on any atom is 0.227 e. The molecule has 1 aliphatic rings. The molecule has 0 saturated heterocycles. The summed E-state index contributed by atoms with van der Waals surface area (Å²) in [5.74, 6) is 0.988. The molecule has 0 radical (unpaired) electrons. The molecule has 2 aromatic rings. The lowest BCUT2D eigenvalue weighted by atomic mass is 10.1. The van der Waals surface area contributed by atoms with Gasteiger partial charge in [0.1, 0.15) is 0 Å². The summed E-state index contributed by atoms with van der Waals surface area (Å²) in [5, 5.41) is 11.3. The fourth-order valence-corrected chi connectivity index (χ4v) is 4.18. The minimum absolute atomic E-state index is 0. The summed E-state index contributed by atoms with van der Waals surface area (Å²) in [7, 11) is 1.98. The van der Waals surface area contributed by atoms with Crippen LogP contribution in [0.3, 0.4) is 0 Å². The van der Waals surface area contributed by atoms with Gasteiger partial charge in [-0.1, -0.05) is 18.2 Å². The number of amides is 1. The molecule has 2 N–H and O–H groups in total. The molecule has 1 aromatic carbocycles. The van der Waals surface area contributed by atoms with Crippen LogP contribution in [0.1, 0.15) is 49.2 Å². The molecule has 0 aliphatic carbocycles. The van der Waals surface area contributed by atoms with Crippen molar-refractivity contribution < 1.29 is 4.79 Å². The van der Waals surface area contributed by atoms with Gasteiger partial charge in [-0.2, -0.15) is 5.10 Å². The van der Waals surface area contributed by atoms with Crippen LogP contribution in [-0.4, -0.2) is 47.3 Å². The fraction of sp³-hybridized carbons (Fsp3) is 0.542. The van der Waals surface area contributed by atoms with Crippen molar-refractivity contribution in [1.29, 1.82) is 0 Å². The number of nitrogens with zero attached hydrogens (tertiary/aromatic N) is 4. The average Bonchev–Trinajstić information content (AvgIpc) is 3.27. The molecule has 8 heteroatoms. The Hall–Kier alpha value is -2.10. The second-order valence-electron chi connectivity index (χ2n) is 8.31. The number of aryl methyl sites for hydroxylation is 2. The lowest BCUT2D eigenvalue weighted by molar-refractivity contribution is -0.118. The number of benzene rings is 1. The van der Waals surface area contributed by atoms with Gasteiger partial charge in [0.2, 0.25) is 5.91 Å². The van der Waals surface area contributed by atoms with Gasteiger partial charge >= 0.3 is 0 Å². The average molecular weight is 553 g/mol. The van der Waals surface area contributed by atoms with Gasteiger partial charge in [-0.15, -0.1) is 24.0 Å². The van der Waals surface area contributed by atoms with Crippen molar-refractivity contribution in [1.82, 2.24) is 20.4 Å². The van der Waals surface area contributed by atoms with Gasteiger partial charge in [0.25, 0.3) is 0 Å². The summed E-state index contributed by atoms with van der Waals surface area (Å²) in [4.78, 5) is 19.3. The Morgan fingerprint density at radius 1 is 1.28 bits per heavy atom. The first kappa shape index (κ1) is 26.2. The lowest BCUT2D eigenvalue weighted by Crippen LogP contribution is -2.43. The van der Waals surface area contributed by atoms with E-state index in [1.807, 2.05) is 34.8 Å². The molecule has 3 rings (SSSR count). The van der Waals surface area contributed by atoms with E-state index in [4.69, 9.17) is 4.99 Å². The Morgan fingerprint density at radius 3 is 2.72 bits per heavy atom. The quantitative estimate of drug-likeness (QED) is 0.228. The number of aromatic nitrogens is 2. The summed E-state index contributed by atoms with van der Waals surface area (Å²) < 4.78 is 1.94. The minimum Gasteiger partial charge on any atom is -0.357 e. The number of carbonyl (C=O) groups is 1. The van der Waals surface area contributed by atoms with E-state index in [-0.39, 0.29) is 35.9 Å². The van der Waals surface area contributed by atoms with Gasteiger partial charge < -0.3 is 15.5 Å². The number of hydrogen-bond acceptors (Lipinski definition) is 3. The number of guanidine groups is 1.